The van der Waals surface area contributed by atoms with Crippen LogP contribution in [0.1, 0.15) is 136 Å². The Morgan fingerprint density at radius 2 is 0.759 bits per heavy atom. The fraction of sp³-hybridized carbons (Fsp3) is 0.407. The summed E-state index contributed by atoms with van der Waals surface area (Å²) in [5.41, 5.74) is 5.90. The number of ketones is 1. The van der Waals surface area contributed by atoms with Crippen LogP contribution in [0.15, 0.2) is 303 Å². The lowest BCUT2D eigenvalue weighted by Gasteiger charge is -2.53. The summed E-state index contributed by atoms with van der Waals surface area (Å²) in [6, 6.07) is 96.5. The lowest BCUT2D eigenvalue weighted by molar-refractivity contribution is -0.420. The molecule has 10 aromatic rings. The molecule has 0 N–H and O–H groups in total. The van der Waals surface area contributed by atoms with Gasteiger partial charge in [-0.15, -0.1) is 0 Å². The maximum absolute atomic E-state index is 16.1. The molecule has 15 rings (SSSR count). The number of ether oxygens (including phenoxy) is 19. The molecule has 0 unspecified atom stereocenters. The minimum Gasteiger partial charge on any atom is -0.469 e. The van der Waals surface area contributed by atoms with Gasteiger partial charge in [0.2, 0.25) is 0 Å². The molecule has 0 radical (unpaired) electrons. The quantitative estimate of drug-likeness (QED) is 0.0149. The molecule has 21 atom stereocenters. The van der Waals surface area contributed by atoms with Crippen LogP contribution in [0.2, 0.25) is 5.04 Å². The van der Waals surface area contributed by atoms with Gasteiger partial charge in [-0.25, -0.2) is 4.79 Å². The molecular weight excluding hydrogens is 1710 g/mol. The second-order valence-electron chi connectivity index (χ2n) is 35.2. The molecule has 702 valence electrons. The van der Waals surface area contributed by atoms with Gasteiger partial charge in [0.25, 0.3) is 8.32 Å². The number of hydrogen-bond acceptors (Lipinski definition) is 24. The molecule has 0 saturated carbocycles. The molecule has 5 fully saturated rings. The molecule has 5 saturated heterocycles. The predicted octanol–water partition coefficient (Wildman–Crippen LogP) is 16.5. The van der Waals surface area contributed by atoms with Gasteiger partial charge in [0.05, 0.1) is 84.2 Å². The van der Waals surface area contributed by atoms with Gasteiger partial charge in [-0.05, 0) is 94.5 Å². The van der Waals surface area contributed by atoms with Crippen LogP contribution in [0.3, 0.4) is 0 Å². The number of Topliss-reactive ketones (excluding diaryl/α,β-unsaturated/α-hetero) is 1. The van der Waals surface area contributed by atoms with E-state index in [1.54, 1.807) is 30.3 Å². The van der Waals surface area contributed by atoms with Gasteiger partial charge in [-0.3, -0.25) is 9.59 Å². The van der Waals surface area contributed by atoms with E-state index in [4.69, 9.17) is 94.4 Å². The van der Waals surface area contributed by atoms with Gasteiger partial charge in [0.15, 0.2) is 43.7 Å². The Morgan fingerprint density at radius 1 is 0.361 bits per heavy atom. The summed E-state index contributed by atoms with van der Waals surface area (Å²) >= 11 is 0. The number of fused-ring (bicyclic) bond motifs is 1. The second kappa shape index (κ2) is 48.3. The van der Waals surface area contributed by atoms with Crippen LogP contribution in [0.5, 0.6) is 0 Å². The van der Waals surface area contributed by atoms with E-state index in [0.29, 0.717) is 24.8 Å². The molecule has 25 heteroatoms. The van der Waals surface area contributed by atoms with E-state index in [-0.39, 0.29) is 96.0 Å². The number of carbonyl (C=O) groups is 4. The zero-order chi connectivity index (χ0) is 92.3. The summed E-state index contributed by atoms with van der Waals surface area (Å²) in [6.07, 6.45) is -26.1. The Balaban J connectivity index is 0.928. The fourth-order valence-corrected chi connectivity index (χ4v) is 22.4. The number of unbranched alkanes of at least 4 members (excludes halogenated alkanes) is 2. The van der Waals surface area contributed by atoms with E-state index in [9.17, 15) is 9.59 Å². The van der Waals surface area contributed by atoms with Gasteiger partial charge in [-0.1, -0.05) is 318 Å². The highest BCUT2D eigenvalue weighted by atomic mass is 28.4. The average Bonchev–Trinajstić information content (AvgIpc) is 0.745. The number of esters is 3. The molecule has 133 heavy (non-hydrogen) atoms. The number of rotatable bonds is 43. The van der Waals surface area contributed by atoms with E-state index >= 15 is 9.59 Å². The van der Waals surface area contributed by atoms with Crippen molar-refractivity contribution in [1.29, 1.82) is 0 Å². The summed E-state index contributed by atoms with van der Waals surface area (Å²) in [6.45, 7) is 11.7. The van der Waals surface area contributed by atoms with Crippen molar-refractivity contribution in [3.05, 3.63) is 348 Å². The molecule has 0 aromatic heterocycles. The Morgan fingerprint density at radius 3 is 1.20 bits per heavy atom. The minimum absolute atomic E-state index is 0.00885. The van der Waals surface area contributed by atoms with Crippen molar-refractivity contribution >= 4 is 42.4 Å². The maximum Gasteiger partial charge on any atom is 0.338 e. The summed E-state index contributed by atoms with van der Waals surface area (Å²) in [4.78, 5) is 57.6. The smallest absolute Gasteiger partial charge is 0.338 e. The standard InChI is InChI=1S/C108H122O24Si/c1-73(109)62-63-89(111)127-92-87(72-122-133(108(4,5)6,84-57-35-16-36-58-84)85-59-37-17-38-60-85)126-107(101(128-102(112)82-53-31-14-32-54-82)96(92)130-105-98(119-69-80-49-27-12-28-50-80)94(117-67-78-45-23-10-24-46-78)90(74(2)123-105)115-65-76-41-19-8-20-42-76)131-97-93-86(71-121-103(129-93)83-55-33-15-34-56-83)125-104(114-64-40-18-39-61-88(110)113-7)100(97)132-106-99(120-70-81-51-29-13-30-52-81)95(118-68-79-47-25-11-26-48-79)91(75(3)124-106)116-66-77-43-21-9-22-44-77/h8-17,19-38,41-60,74-75,86-87,90-101,103-107H,18,39-40,61-72H2,1-7H3/t74-,75-,86+,87+,90+,91+,92-,93-,94+,95+,96-,97-,98-,99-,100+,101+,103-,104+,105+,106-,107+/m0/s1. The molecular formula is C108H122O24Si. The molecule has 10 aromatic carbocycles. The topological polar surface area (TPSA) is 253 Å². The molecule has 0 aliphatic carbocycles. The van der Waals surface area contributed by atoms with Crippen LogP contribution in [0.25, 0.3) is 0 Å². The van der Waals surface area contributed by atoms with Crippen molar-refractivity contribution < 1.29 is 114 Å². The lowest BCUT2D eigenvalue weighted by atomic mass is 9.94. The minimum atomic E-state index is -3.70. The summed E-state index contributed by atoms with van der Waals surface area (Å²) in [5.74, 6) is -2.33. The average molecular weight is 1830 g/mol. The largest absolute Gasteiger partial charge is 0.469 e. The summed E-state index contributed by atoms with van der Waals surface area (Å²) in [5, 5.41) is 1.14. The van der Waals surface area contributed by atoms with Gasteiger partial charge in [0, 0.05) is 25.0 Å². The highest BCUT2D eigenvalue weighted by Gasteiger charge is 2.62. The van der Waals surface area contributed by atoms with Gasteiger partial charge < -0.3 is 99.2 Å². The highest BCUT2D eigenvalue weighted by molar-refractivity contribution is 6.99. The zero-order valence-electron chi connectivity index (χ0n) is 76.4. The first kappa shape index (κ1) is 97.4. The van der Waals surface area contributed by atoms with Crippen LogP contribution in [-0.4, -0.2) is 182 Å². The molecule has 24 nitrogen and oxygen atoms in total. The monoisotopic (exact) mass is 1830 g/mol. The normalized spacial score (nSPS) is 26.6. The number of carbonyl (C=O) groups excluding carboxylic acids is 4. The third-order valence-electron chi connectivity index (χ3n) is 24.6. The van der Waals surface area contributed by atoms with Crippen molar-refractivity contribution in [2.24, 2.45) is 0 Å². The van der Waals surface area contributed by atoms with Crippen LogP contribution in [0, 0.1) is 0 Å². The molecule has 0 bridgehead atoms. The van der Waals surface area contributed by atoms with E-state index in [1.165, 1.54) is 14.0 Å². The van der Waals surface area contributed by atoms with Crippen molar-refractivity contribution in [3.8, 4) is 0 Å². The van der Waals surface area contributed by atoms with E-state index < -0.39 is 154 Å². The number of benzene rings is 10. The summed E-state index contributed by atoms with van der Waals surface area (Å²) in [7, 11) is -2.34. The second-order valence-corrected chi connectivity index (χ2v) is 39.5. The number of methoxy groups -OCH3 is 1. The molecule has 5 aliphatic rings. The first-order chi connectivity index (χ1) is 64.9. The lowest BCUT2D eigenvalue weighted by Crippen LogP contribution is -2.71. The van der Waals surface area contributed by atoms with Gasteiger partial charge >= 0.3 is 17.9 Å². The zero-order valence-corrected chi connectivity index (χ0v) is 77.4. The van der Waals surface area contributed by atoms with E-state index in [2.05, 4.69) is 45.0 Å². The van der Waals surface area contributed by atoms with Crippen molar-refractivity contribution in [3.63, 3.8) is 0 Å². The Hall–Kier alpha value is -10.2. The molecule has 5 aliphatic heterocycles. The third-order valence-corrected chi connectivity index (χ3v) is 29.6. The maximum atomic E-state index is 16.1. The Kier molecular flexibility index (Phi) is 35.4. The number of hydrogen-bond donors (Lipinski definition) is 0. The van der Waals surface area contributed by atoms with Crippen LogP contribution in [0.4, 0.5) is 0 Å². The van der Waals surface area contributed by atoms with E-state index in [1.807, 2.05) is 263 Å². The van der Waals surface area contributed by atoms with Gasteiger partial charge in [0.1, 0.15) is 79.0 Å². The predicted molar refractivity (Wildman–Crippen MR) is 496 cm³/mol. The van der Waals surface area contributed by atoms with Gasteiger partial charge in [-0.2, -0.15) is 0 Å². The third kappa shape index (κ3) is 25.9. The SMILES string of the molecule is COC(=O)CCCCCO[C@@H]1O[C@@H]2CO[C@H](c3ccccc3)O[C@@H]2[C@H](O[C@H]2O[C@H](CO[Si](c3ccccc3)(c3ccccc3)C(C)(C)C)[C@H](OC(=O)CCC(C)=O)[C@H](O[C@H]3O[C@@H](C)[C@@H](OCc4ccccc4)[C@@H](OCc4ccccc4)[C@@H]3OCc3ccccc3)[C@H]2OC(=O)c2ccccc2)[C@H]1O[C@@H]1O[C@@H](C)[C@@H](OCc2ccccc2)[C@@H](OCc2ccccc2)[C@@H]1OCc1ccccc1. The fourth-order valence-electron chi connectivity index (χ4n) is 17.8. The van der Waals surface area contributed by atoms with Crippen molar-refractivity contribution in [1.82, 2.24) is 0 Å². The van der Waals surface area contributed by atoms with Crippen LogP contribution in [-0.2, 0) is 148 Å². The first-order valence-corrected chi connectivity index (χ1v) is 48.1. The van der Waals surface area contributed by atoms with Crippen molar-refractivity contribution in [2.45, 2.75) is 254 Å². The summed E-state index contributed by atoms with van der Waals surface area (Å²) < 4.78 is 146. The van der Waals surface area contributed by atoms with Crippen LogP contribution >= 0.6 is 0 Å². The molecule has 0 amide bonds. The molecule has 5 heterocycles. The Labute approximate surface area is 780 Å². The first-order valence-electron chi connectivity index (χ1n) is 46.1. The highest BCUT2D eigenvalue weighted by Crippen LogP contribution is 2.45. The van der Waals surface area contributed by atoms with Crippen molar-refractivity contribution in [2.75, 3.05) is 26.9 Å². The molecule has 0 spiro atoms. The van der Waals surface area contributed by atoms with E-state index in [0.717, 1.165) is 43.8 Å². The Bertz CT molecular complexity index is 5100. The van der Waals surface area contributed by atoms with Crippen LogP contribution < -0.4 is 10.4 Å².